The number of halogens is 1. The third-order valence-electron chi connectivity index (χ3n) is 4.20. The van der Waals surface area contributed by atoms with Crippen LogP contribution in [0.5, 0.6) is 0 Å². The maximum atomic E-state index is 3.62. The van der Waals surface area contributed by atoms with Crippen LogP contribution in [0.4, 0.5) is 5.69 Å². The van der Waals surface area contributed by atoms with E-state index in [4.69, 9.17) is 0 Å². The first-order chi connectivity index (χ1) is 8.61. The van der Waals surface area contributed by atoms with E-state index in [1.54, 1.807) is 0 Å². The molecule has 0 spiro atoms. The number of hydrogen-bond donors (Lipinski definition) is 0. The van der Waals surface area contributed by atoms with Crippen molar-refractivity contribution < 1.29 is 0 Å². The van der Waals surface area contributed by atoms with Crippen molar-refractivity contribution >= 4 is 21.6 Å². The number of piperidine rings is 1. The lowest BCUT2D eigenvalue weighted by atomic mass is 9.86. The first-order valence-corrected chi connectivity index (χ1v) is 8.14. The van der Waals surface area contributed by atoms with Gasteiger partial charge in [-0.15, -0.1) is 0 Å². The minimum absolute atomic E-state index is 0.834. The Balaban J connectivity index is 2.09. The molecule has 1 aliphatic heterocycles. The van der Waals surface area contributed by atoms with E-state index in [9.17, 15) is 0 Å². The molecule has 0 aliphatic carbocycles. The topological polar surface area (TPSA) is 3.24 Å². The van der Waals surface area contributed by atoms with Gasteiger partial charge in [0.2, 0.25) is 0 Å². The fourth-order valence-electron chi connectivity index (χ4n) is 2.94. The lowest BCUT2D eigenvalue weighted by Gasteiger charge is -2.36. The van der Waals surface area contributed by atoms with E-state index in [1.807, 2.05) is 0 Å². The molecule has 1 aromatic carbocycles. The van der Waals surface area contributed by atoms with E-state index in [1.165, 1.54) is 42.7 Å². The van der Waals surface area contributed by atoms with Gasteiger partial charge in [0.05, 0.1) is 0 Å². The van der Waals surface area contributed by atoms with Crippen LogP contribution in [0.15, 0.2) is 18.2 Å². The van der Waals surface area contributed by atoms with E-state index in [0.717, 1.165) is 17.2 Å². The minimum atomic E-state index is 0.834. The fourth-order valence-corrected chi connectivity index (χ4v) is 3.39. The third kappa shape index (κ3) is 3.09. The van der Waals surface area contributed by atoms with E-state index < -0.39 is 0 Å². The second-order valence-electron chi connectivity index (χ2n) is 5.83. The molecule has 1 fully saturated rings. The Labute approximate surface area is 120 Å². The van der Waals surface area contributed by atoms with Crippen LogP contribution in [-0.4, -0.2) is 13.1 Å². The molecule has 0 N–H and O–H groups in total. The van der Waals surface area contributed by atoms with Gasteiger partial charge < -0.3 is 4.90 Å². The molecule has 100 valence electrons. The van der Waals surface area contributed by atoms with Crippen molar-refractivity contribution in [2.75, 3.05) is 18.0 Å². The van der Waals surface area contributed by atoms with Gasteiger partial charge >= 0.3 is 0 Å². The molecule has 0 aromatic heterocycles. The van der Waals surface area contributed by atoms with Gasteiger partial charge in [-0.2, -0.15) is 0 Å². The number of anilines is 1. The molecular formula is C16H24BrN. The van der Waals surface area contributed by atoms with Crippen molar-refractivity contribution in [3.05, 3.63) is 29.3 Å². The van der Waals surface area contributed by atoms with Crippen LogP contribution in [-0.2, 0) is 5.33 Å². The average molecular weight is 310 g/mol. The number of aryl methyl sites for hydroxylation is 1. The molecule has 2 rings (SSSR count). The van der Waals surface area contributed by atoms with Crippen molar-refractivity contribution in [3.63, 3.8) is 0 Å². The first-order valence-electron chi connectivity index (χ1n) is 7.02. The summed E-state index contributed by atoms with van der Waals surface area (Å²) in [5.41, 5.74) is 4.21. The number of alkyl halides is 1. The number of nitrogens with zero attached hydrogens (tertiary/aromatic N) is 1. The molecule has 1 aliphatic rings. The molecule has 1 aromatic rings. The molecular weight excluding hydrogens is 286 g/mol. The fraction of sp³-hybridized carbons (Fsp3) is 0.625. The van der Waals surface area contributed by atoms with E-state index in [-0.39, 0.29) is 0 Å². The van der Waals surface area contributed by atoms with E-state index in [2.05, 4.69) is 59.8 Å². The van der Waals surface area contributed by atoms with Crippen LogP contribution >= 0.6 is 15.9 Å². The van der Waals surface area contributed by atoms with Crippen LogP contribution in [0, 0.1) is 18.8 Å². The third-order valence-corrected chi connectivity index (χ3v) is 4.81. The Morgan fingerprint density at radius 2 is 1.94 bits per heavy atom. The number of rotatable bonds is 3. The van der Waals surface area contributed by atoms with E-state index in [0.29, 0.717) is 0 Å². The SMILES string of the molecule is Cc1ccc(N2CCC(C(C)C)CC2)c(CBr)c1. The summed E-state index contributed by atoms with van der Waals surface area (Å²) in [6, 6.07) is 6.83. The van der Waals surface area contributed by atoms with Crippen molar-refractivity contribution in [2.45, 2.75) is 38.9 Å². The van der Waals surface area contributed by atoms with Gasteiger partial charge in [0.15, 0.2) is 0 Å². The maximum Gasteiger partial charge on any atom is 0.0407 e. The quantitative estimate of drug-likeness (QED) is 0.727. The summed E-state index contributed by atoms with van der Waals surface area (Å²) in [4.78, 5) is 2.56. The van der Waals surface area contributed by atoms with Crippen molar-refractivity contribution in [1.29, 1.82) is 0 Å². The Morgan fingerprint density at radius 3 is 2.50 bits per heavy atom. The van der Waals surface area contributed by atoms with Crippen LogP contribution in [0.3, 0.4) is 0 Å². The molecule has 0 amide bonds. The summed E-state index contributed by atoms with van der Waals surface area (Å²) in [5.74, 6) is 1.75. The average Bonchev–Trinajstić information content (AvgIpc) is 2.38. The van der Waals surface area contributed by atoms with Crippen LogP contribution < -0.4 is 4.90 Å². The molecule has 1 saturated heterocycles. The van der Waals surface area contributed by atoms with Crippen LogP contribution in [0.25, 0.3) is 0 Å². The minimum Gasteiger partial charge on any atom is -0.371 e. The first kappa shape index (κ1) is 13.9. The molecule has 1 nitrogen and oxygen atoms in total. The molecule has 0 unspecified atom stereocenters. The van der Waals surface area contributed by atoms with Gasteiger partial charge in [-0.1, -0.05) is 47.5 Å². The summed E-state index contributed by atoms with van der Waals surface area (Å²) >= 11 is 3.62. The smallest absolute Gasteiger partial charge is 0.0407 e. The molecule has 0 bridgehead atoms. The largest absolute Gasteiger partial charge is 0.371 e. The Morgan fingerprint density at radius 1 is 1.28 bits per heavy atom. The van der Waals surface area contributed by atoms with Crippen molar-refractivity contribution in [1.82, 2.24) is 0 Å². The van der Waals surface area contributed by atoms with Gasteiger partial charge in [-0.25, -0.2) is 0 Å². The van der Waals surface area contributed by atoms with Crippen molar-refractivity contribution in [2.24, 2.45) is 11.8 Å². The second kappa shape index (κ2) is 6.10. The zero-order valence-corrected chi connectivity index (χ0v) is 13.3. The molecule has 0 saturated carbocycles. The predicted molar refractivity (Wildman–Crippen MR) is 83.6 cm³/mol. The highest BCUT2D eigenvalue weighted by Crippen LogP contribution is 2.31. The highest BCUT2D eigenvalue weighted by molar-refractivity contribution is 9.08. The summed E-state index contributed by atoms with van der Waals surface area (Å²) in [6.07, 6.45) is 2.68. The summed E-state index contributed by atoms with van der Waals surface area (Å²) < 4.78 is 0. The zero-order valence-electron chi connectivity index (χ0n) is 11.7. The highest BCUT2D eigenvalue weighted by Gasteiger charge is 2.22. The van der Waals surface area contributed by atoms with Crippen molar-refractivity contribution in [3.8, 4) is 0 Å². The number of hydrogen-bond acceptors (Lipinski definition) is 1. The molecule has 1 heterocycles. The summed E-state index contributed by atoms with van der Waals surface area (Å²) in [7, 11) is 0. The lowest BCUT2D eigenvalue weighted by molar-refractivity contribution is 0.311. The summed E-state index contributed by atoms with van der Waals surface area (Å²) in [5, 5.41) is 0.953. The standard InChI is InChI=1S/C16H24BrN/c1-12(2)14-6-8-18(9-7-14)16-5-4-13(3)10-15(16)11-17/h4-5,10,12,14H,6-9,11H2,1-3H3. The molecule has 18 heavy (non-hydrogen) atoms. The molecule has 0 radical (unpaired) electrons. The van der Waals surface area contributed by atoms with Gasteiger partial charge in [-0.05, 0) is 43.2 Å². The van der Waals surface area contributed by atoms with E-state index >= 15 is 0 Å². The zero-order chi connectivity index (χ0) is 13.1. The monoisotopic (exact) mass is 309 g/mol. The predicted octanol–water partition coefficient (Wildman–Crippen LogP) is 4.76. The van der Waals surface area contributed by atoms with Gasteiger partial charge in [0.1, 0.15) is 0 Å². The highest BCUT2D eigenvalue weighted by atomic mass is 79.9. The second-order valence-corrected chi connectivity index (χ2v) is 6.40. The lowest BCUT2D eigenvalue weighted by Crippen LogP contribution is -2.35. The Kier molecular flexibility index (Phi) is 4.71. The van der Waals surface area contributed by atoms with Crippen LogP contribution in [0.2, 0.25) is 0 Å². The normalized spacial score (nSPS) is 17.5. The maximum absolute atomic E-state index is 3.62. The molecule has 2 heteroatoms. The number of benzene rings is 1. The Bertz CT molecular complexity index is 392. The Hall–Kier alpha value is -0.500. The van der Waals surface area contributed by atoms with Gasteiger partial charge in [0.25, 0.3) is 0 Å². The van der Waals surface area contributed by atoms with Gasteiger partial charge in [0, 0.05) is 24.1 Å². The summed E-state index contributed by atoms with van der Waals surface area (Å²) in [6.45, 7) is 9.31. The van der Waals surface area contributed by atoms with Gasteiger partial charge in [-0.3, -0.25) is 0 Å². The van der Waals surface area contributed by atoms with Crippen LogP contribution in [0.1, 0.15) is 37.8 Å². The molecule has 0 atom stereocenters.